The summed E-state index contributed by atoms with van der Waals surface area (Å²) in [6, 6.07) is 5.76. The number of nitrogens with two attached hydrogens (primary N) is 1. The van der Waals surface area contributed by atoms with Crippen LogP contribution in [0.2, 0.25) is 0 Å². The van der Waals surface area contributed by atoms with E-state index in [1.165, 1.54) is 19.3 Å². The van der Waals surface area contributed by atoms with Crippen LogP contribution in [-0.2, 0) is 0 Å². The number of amides is 1. The molecule has 1 amide bonds. The normalized spacial score (nSPS) is 15.6. The van der Waals surface area contributed by atoms with E-state index in [0.717, 1.165) is 42.6 Å². The number of hydrogen-bond acceptors (Lipinski definition) is 2. The number of hydrogen-bond donors (Lipinski definition) is 1. The van der Waals surface area contributed by atoms with Crippen LogP contribution in [0.5, 0.6) is 0 Å². The molecule has 3 nitrogen and oxygen atoms in total. The van der Waals surface area contributed by atoms with Crippen molar-refractivity contribution in [1.82, 2.24) is 4.90 Å². The lowest BCUT2D eigenvalue weighted by Crippen LogP contribution is -2.33. The molecule has 3 heteroatoms. The van der Waals surface area contributed by atoms with E-state index in [0.29, 0.717) is 6.54 Å². The van der Waals surface area contributed by atoms with Crippen molar-refractivity contribution in [3.05, 3.63) is 34.9 Å². The highest BCUT2D eigenvalue weighted by atomic mass is 16.2. The molecule has 1 aromatic rings. The van der Waals surface area contributed by atoms with Crippen LogP contribution in [0.3, 0.4) is 0 Å². The van der Waals surface area contributed by atoms with Crippen LogP contribution in [0.15, 0.2) is 18.2 Å². The molecule has 2 N–H and O–H groups in total. The van der Waals surface area contributed by atoms with Crippen molar-refractivity contribution < 1.29 is 4.79 Å². The Hall–Kier alpha value is -1.79. The molecule has 0 bridgehead atoms. The molecule has 21 heavy (non-hydrogen) atoms. The SMILES string of the molecule is Cc1cc(C(=O)N2CCCCCCC2)ccc1C#CCN. The van der Waals surface area contributed by atoms with E-state index in [4.69, 9.17) is 5.73 Å². The fourth-order valence-corrected chi connectivity index (χ4v) is 2.72. The molecule has 1 aromatic carbocycles. The molecule has 0 radical (unpaired) electrons. The first-order chi connectivity index (χ1) is 10.2. The van der Waals surface area contributed by atoms with Crippen molar-refractivity contribution >= 4 is 5.91 Å². The number of carbonyl (C=O) groups excluding carboxylic acids is 1. The monoisotopic (exact) mass is 284 g/mol. The van der Waals surface area contributed by atoms with Gasteiger partial charge in [-0.3, -0.25) is 4.79 Å². The maximum atomic E-state index is 12.6. The summed E-state index contributed by atoms with van der Waals surface area (Å²) in [5, 5.41) is 0. The van der Waals surface area contributed by atoms with Gasteiger partial charge in [0.1, 0.15) is 0 Å². The Balaban J connectivity index is 2.12. The fourth-order valence-electron chi connectivity index (χ4n) is 2.72. The van der Waals surface area contributed by atoms with Gasteiger partial charge in [-0.05, 0) is 43.5 Å². The average molecular weight is 284 g/mol. The van der Waals surface area contributed by atoms with E-state index >= 15 is 0 Å². The fraction of sp³-hybridized carbons (Fsp3) is 0.500. The molecule has 0 atom stereocenters. The van der Waals surface area contributed by atoms with Crippen LogP contribution in [0.4, 0.5) is 0 Å². The van der Waals surface area contributed by atoms with Crippen LogP contribution < -0.4 is 5.73 Å². The molecule has 0 spiro atoms. The molecular weight excluding hydrogens is 260 g/mol. The summed E-state index contributed by atoms with van der Waals surface area (Å²) < 4.78 is 0. The van der Waals surface area contributed by atoms with E-state index in [2.05, 4.69) is 11.8 Å². The Morgan fingerprint density at radius 3 is 2.48 bits per heavy atom. The molecule has 0 aliphatic carbocycles. The summed E-state index contributed by atoms with van der Waals surface area (Å²) in [6.45, 7) is 4.11. The van der Waals surface area contributed by atoms with E-state index in [1.54, 1.807) is 0 Å². The predicted molar refractivity (Wildman–Crippen MR) is 86.1 cm³/mol. The largest absolute Gasteiger partial charge is 0.339 e. The molecule has 1 aliphatic rings. The van der Waals surface area contributed by atoms with Crippen molar-refractivity contribution in [2.24, 2.45) is 5.73 Å². The zero-order valence-corrected chi connectivity index (χ0v) is 12.8. The Morgan fingerprint density at radius 1 is 1.19 bits per heavy atom. The maximum Gasteiger partial charge on any atom is 0.253 e. The molecule has 0 aromatic heterocycles. The lowest BCUT2D eigenvalue weighted by atomic mass is 10.0. The number of aryl methyl sites for hydroxylation is 1. The van der Waals surface area contributed by atoms with Crippen LogP contribution >= 0.6 is 0 Å². The van der Waals surface area contributed by atoms with Gasteiger partial charge in [0.25, 0.3) is 5.91 Å². The minimum Gasteiger partial charge on any atom is -0.339 e. The number of nitrogens with zero attached hydrogens (tertiary/aromatic N) is 1. The third-order valence-corrected chi connectivity index (χ3v) is 3.94. The molecule has 1 aliphatic heterocycles. The molecule has 1 fully saturated rings. The van der Waals surface area contributed by atoms with Crippen molar-refractivity contribution in [2.75, 3.05) is 19.6 Å². The number of likely N-dealkylation sites (tertiary alicyclic amines) is 1. The van der Waals surface area contributed by atoms with Crippen LogP contribution in [-0.4, -0.2) is 30.4 Å². The van der Waals surface area contributed by atoms with Crippen molar-refractivity contribution in [2.45, 2.75) is 39.0 Å². The van der Waals surface area contributed by atoms with Crippen LogP contribution in [0, 0.1) is 18.8 Å². The van der Waals surface area contributed by atoms with Gasteiger partial charge in [0.15, 0.2) is 0 Å². The van der Waals surface area contributed by atoms with Gasteiger partial charge in [-0.1, -0.05) is 31.1 Å². The van der Waals surface area contributed by atoms with Crippen LogP contribution in [0.25, 0.3) is 0 Å². The summed E-state index contributed by atoms with van der Waals surface area (Å²) in [5.74, 6) is 6.04. The lowest BCUT2D eigenvalue weighted by Gasteiger charge is -2.25. The van der Waals surface area contributed by atoms with Gasteiger partial charge in [0.2, 0.25) is 0 Å². The van der Waals surface area contributed by atoms with Gasteiger partial charge in [-0.15, -0.1) is 0 Å². The second kappa shape index (κ2) is 7.85. The maximum absolute atomic E-state index is 12.6. The number of rotatable bonds is 1. The molecule has 2 rings (SSSR count). The van der Waals surface area contributed by atoms with Crippen molar-refractivity contribution in [1.29, 1.82) is 0 Å². The molecule has 1 heterocycles. The van der Waals surface area contributed by atoms with Crippen molar-refractivity contribution in [3.8, 4) is 11.8 Å². The number of carbonyl (C=O) groups is 1. The Morgan fingerprint density at radius 2 is 1.86 bits per heavy atom. The third kappa shape index (κ3) is 4.34. The zero-order chi connectivity index (χ0) is 15.1. The number of benzene rings is 1. The van der Waals surface area contributed by atoms with E-state index < -0.39 is 0 Å². The van der Waals surface area contributed by atoms with Crippen molar-refractivity contribution in [3.63, 3.8) is 0 Å². The second-order valence-electron chi connectivity index (χ2n) is 5.60. The third-order valence-electron chi connectivity index (χ3n) is 3.94. The summed E-state index contributed by atoms with van der Waals surface area (Å²) >= 11 is 0. The first kappa shape index (κ1) is 15.6. The highest BCUT2D eigenvalue weighted by molar-refractivity contribution is 5.94. The minimum atomic E-state index is 0.151. The molecular formula is C18H24N2O. The van der Waals surface area contributed by atoms with Gasteiger partial charge in [0.05, 0.1) is 6.54 Å². The molecule has 0 unspecified atom stereocenters. The van der Waals surface area contributed by atoms with E-state index in [9.17, 15) is 4.79 Å². The van der Waals surface area contributed by atoms with Crippen LogP contribution in [0.1, 0.15) is 53.6 Å². The van der Waals surface area contributed by atoms with Gasteiger partial charge < -0.3 is 10.6 Å². The Labute approximate surface area is 127 Å². The highest BCUT2D eigenvalue weighted by Crippen LogP contribution is 2.16. The lowest BCUT2D eigenvalue weighted by molar-refractivity contribution is 0.0742. The van der Waals surface area contributed by atoms with Gasteiger partial charge in [0, 0.05) is 24.2 Å². The van der Waals surface area contributed by atoms with E-state index in [1.807, 2.05) is 30.0 Å². The van der Waals surface area contributed by atoms with Gasteiger partial charge in [-0.2, -0.15) is 0 Å². The summed E-state index contributed by atoms with van der Waals surface area (Å²) in [4.78, 5) is 14.6. The Kier molecular flexibility index (Phi) is 5.83. The smallest absolute Gasteiger partial charge is 0.253 e. The van der Waals surface area contributed by atoms with E-state index in [-0.39, 0.29) is 5.91 Å². The first-order valence-corrected chi connectivity index (χ1v) is 7.81. The summed E-state index contributed by atoms with van der Waals surface area (Å²) in [7, 11) is 0. The standard InChI is InChI=1S/C18H24N2O/c1-15-14-17(10-9-16(15)8-7-11-19)18(21)20-12-5-3-2-4-6-13-20/h9-10,14H,2-6,11-13,19H2,1H3. The Bertz CT molecular complexity index is 546. The van der Waals surface area contributed by atoms with Gasteiger partial charge >= 0.3 is 0 Å². The quantitative estimate of drug-likeness (QED) is 0.806. The van der Waals surface area contributed by atoms with Gasteiger partial charge in [-0.25, -0.2) is 0 Å². The molecule has 1 saturated heterocycles. The highest BCUT2D eigenvalue weighted by Gasteiger charge is 2.17. The first-order valence-electron chi connectivity index (χ1n) is 7.81. The predicted octanol–water partition coefficient (Wildman–Crippen LogP) is 2.71. The zero-order valence-electron chi connectivity index (χ0n) is 12.8. The minimum absolute atomic E-state index is 0.151. The topological polar surface area (TPSA) is 46.3 Å². The molecule has 0 saturated carbocycles. The second-order valence-corrected chi connectivity index (χ2v) is 5.60. The average Bonchev–Trinajstić information content (AvgIpc) is 2.45. The molecule has 112 valence electrons. The summed E-state index contributed by atoms with van der Waals surface area (Å²) in [6.07, 6.45) is 6.00. The summed E-state index contributed by atoms with van der Waals surface area (Å²) in [5.41, 5.74) is 8.15.